The van der Waals surface area contributed by atoms with Crippen molar-refractivity contribution in [2.45, 2.75) is 25.8 Å². The molecule has 1 amide bonds. The molecule has 1 atom stereocenters. The van der Waals surface area contributed by atoms with Gasteiger partial charge >= 0.3 is 0 Å². The normalized spacial score (nSPS) is 21.9. The van der Waals surface area contributed by atoms with E-state index in [-0.39, 0.29) is 11.9 Å². The lowest BCUT2D eigenvalue weighted by molar-refractivity contribution is 0.0655. The van der Waals surface area contributed by atoms with Crippen LogP contribution >= 0.6 is 0 Å². The van der Waals surface area contributed by atoms with Crippen LogP contribution < -0.4 is 9.62 Å². The lowest BCUT2D eigenvalue weighted by Gasteiger charge is -2.34. The Morgan fingerprint density at radius 3 is 2.78 bits per heavy atom. The first-order valence-corrected chi connectivity index (χ1v) is 9.85. The molecule has 2 aliphatic heterocycles. The van der Waals surface area contributed by atoms with Crippen LogP contribution in [0.25, 0.3) is 0 Å². The van der Waals surface area contributed by atoms with E-state index in [2.05, 4.69) is 5.32 Å². The van der Waals surface area contributed by atoms with Crippen LogP contribution in [0.15, 0.2) is 18.2 Å². The Labute approximate surface area is 137 Å². The molecular formula is C16H23N3O3S. The molecule has 7 heteroatoms. The topological polar surface area (TPSA) is 69.7 Å². The number of piperazine rings is 1. The summed E-state index contributed by atoms with van der Waals surface area (Å²) in [7, 11) is -3.27. The summed E-state index contributed by atoms with van der Waals surface area (Å²) < 4.78 is 25.2. The molecule has 2 aliphatic rings. The highest BCUT2D eigenvalue weighted by Gasteiger charge is 2.27. The van der Waals surface area contributed by atoms with Gasteiger partial charge in [0.05, 0.1) is 11.9 Å². The van der Waals surface area contributed by atoms with Crippen LogP contribution in [0.1, 0.15) is 29.3 Å². The second-order valence-electron chi connectivity index (χ2n) is 6.33. The molecule has 0 aromatic heterocycles. The van der Waals surface area contributed by atoms with E-state index in [1.165, 1.54) is 10.6 Å². The molecule has 1 fully saturated rings. The third-order valence-electron chi connectivity index (χ3n) is 4.56. The lowest BCUT2D eigenvalue weighted by atomic mass is 10.00. The number of aryl methyl sites for hydroxylation is 1. The maximum Gasteiger partial charge on any atom is 0.254 e. The van der Waals surface area contributed by atoms with Gasteiger partial charge in [-0.1, -0.05) is 0 Å². The number of anilines is 1. The van der Waals surface area contributed by atoms with Gasteiger partial charge in [-0.25, -0.2) is 8.42 Å². The first-order valence-electron chi connectivity index (χ1n) is 8.00. The van der Waals surface area contributed by atoms with Gasteiger partial charge in [0.25, 0.3) is 5.91 Å². The average molecular weight is 337 g/mol. The number of hydrogen-bond acceptors (Lipinski definition) is 4. The van der Waals surface area contributed by atoms with Crippen LogP contribution in [-0.2, 0) is 16.4 Å². The standard InChI is InChI=1S/C16H23N3O3S/c1-12-11-17-7-9-18(12)16(20)14-5-6-15-13(10-14)4-3-8-19(15)23(2,21)22/h5-6,10,12,17H,3-4,7-9,11H2,1-2H3. The average Bonchev–Trinajstić information content (AvgIpc) is 2.52. The van der Waals surface area contributed by atoms with Crippen LogP contribution in [0, 0.1) is 0 Å². The zero-order valence-corrected chi connectivity index (χ0v) is 14.4. The summed E-state index contributed by atoms with van der Waals surface area (Å²) in [4.78, 5) is 14.6. The SMILES string of the molecule is CC1CNCCN1C(=O)c1ccc2c(c1)CCCN2S(C)(=O)=O. The fourth-order valence-corrected chi connectivity index (χ4v) is 4.34. The third-order valence-corrected chi connectivity index (χ3v) is 5.74. The minimum absolute atomic E-state index is 0.0262. The molecule has 1 N–H and O–H groups in total. The van der Waals surface area contributed by atoms with Crippen LogP contribution in [-0.4, -0.2) is 57.7 Å². The molecule has 1 unspecified atom stereocenters. The number of carbonyl (C=O) groups excluding carboxylic acids is 1. The number of nitrogens with zero attached hydrogens (tertiary/aromatic N) is 2. The molecule has 1 saturated heterocycles. The molecule has 23 heavy (non-hydrogen) atoms. The zero-order valence-electron chi connectivity index (χ0n) is 13.6. The third kappa shape index (κ3) is 3.21. The van der Waals surface area contributed by atoms with Gasteiger partial charge in [0.2, 0.25) is 10.0 Å². The second-order valence-corrected chi connectivity index (χ2v) is 8.24. The van der Waals surface area contributed by atoms with Crippen molar-refractivity contribution in [1.82, 2.24) is 10.2 Å². The first kappa shape index (κ1) is 16.3. The number of fused-ring (bicyclic) bond motifs is 1. The number of amides is 1. The molecule has 0 spiro atoms. The molecule has 1 aromatic carbocycles. The smallest absolute Gasteiger partial charge is 0.254 e. The van der Waals surface area contributed by atoms with Crippen molar-refractivity contribution in [3.63, 3.8) is 0 Å². The van der Waals surface area contributed by atoms with Crippen molar-refractivity contribution >= 4 is 21.6 Å². The van der Waals surface area contributed by atoms with Crippen molar-refractivity contribution in [2.75, 3.05) is 36.7 Å². The fourth-order valence-electron chi connectivity index (χ4n) is 3.35. The molecule has 0 bridgehead atoms. The van der Waals surface area contributed by atoms with Crippen LogP contribution in [0.2, 0.25) is 0 Å². The van der Waals surface area contributed by atoms with Crippen molar-refractivity contribution < 1.29 is 13.2 Å². The summed E-state index contributed by atoms with van der Waals surface area (Å²) in [6.07, 6.45) is 2.81. The fraction of sp³-hybridized carbons (Fsp3) is 0.562. The molecule has 0 aliphatic carbocycles. The van der Waals surface area contributed by atoms with Gasteiger partial charge in [0.1, 0.15) is 0 Å². The Morgan fingerprint density at radius 1 is 1.30 bits per heavy atom. The van der Waals surface area contributed by atoms with Gasteiger partial charge in [-0.2, -0.15) is 0 Å². The monoisotopic (exact) mass is 337 g/mol. The number of benzene rings is 1. The van der Waals surface area contributed by atoms with Gasteiger partial charge in [0, 0.05) is 37.8 Å². The summed E-state index contributed by atoms with van der Waals surface area (Å²) in [6.45, 7) is 4.86. The van der Waals surface area contributed by atoms with Crippen molar-refractivity contribution in [2.24, 2.45) is 0 Å². The largest absolute Gasteiger partial charge is 0.333 e. The van der Waals surface area contributed by atoms with E-state index in [1.54, 1.807) is 12.1 Å². The van der Waals surface area contributed by atoms with Crippen molar-refractivity contribution in [3.05, 3.63) is 29.3 Å². The predicted molar refractivity (Wildman–Crippen MR) is 90.3 cm³/mol. The Hall–Kier alpha value is -1.60. The molecule has 6 nitrogen and oxygen atoms in total. The summed E-state index contributed by atoms with van der Waals surface area (Å²) in [6, 6.07) is 5.55. The quantitative estimate of drug-likeness (QED) is 0.868. The van der Waals surface area contributed by atoms with Gasteiger partial charge in [-0.15, -0.1) is 0 Å². The van der Waals surface area contributed by atoms with E-state index >= 15 is 0 Å². The van der Waals surface area contributed by atoms with E-state index in [4.69, 9.17) is 0 Å². The molecule has 1 aromatic rings. The summed E-state index contributed by atoms with van der Waals surface area (Å²) >= 11 is 0. The Kier molecular flexibility index (Phi) is 4.33. The van der Waals surface area contributed by atoms with E-state index in [0.29, 0.717) is 24.3 Å². The van der Waals surface area contributed by atoms with Gasteiger partial charge in [0.15, 0.2) is 0 Å². The number of nitrogens with one attached hydrogen (secondary N) is 1. The predicted octanol–water partition coefficient (Wildman–Crippen LogP) is 0.833. The maximum absolute atomic E-state index is 12.7. The van der Waals surface area contributed by atoms with Crippen LogP contribution in [0.3, 0.4) is 0 Å². The highest BCUT2D eigenvalue weighted by atomic mass is 32.2. The summed E-state index contributed by atoms with van der Waals surface area (Å²) in [5, 5.41) is 3.28. The van der Waals surface area contributed by atoms with E-state index < -0.39 is 10.0 Å². The Morgan fingerprint density at radius 2 is 2.09 bits per heavy atom. The highest BCUT2D eigenvalue weighted by Crippen LogP contribution is 2.30. The van der Waals surface area contributed by atoms with E-state index in [0.717, 1.165) is 31.5 Å². The lowest BCUT2D eigenvalue weighted by Crippen LogP contribution is -2.52. The Balaban J connectivity index is 1.90. The molecule has 3 rings (SSSR count). The minimum atomic E-state index is -3.27. The number of hydrogen-bond donors (Lipinski definition) is 1. The summed E-state index contributed by atoms with van der Waals surface area (Å²) in [5.74, 6) is 0.0262. The maximum atomic E-state index is 12.7. The number of carbonyl (C=O) groups is 1. The van der Waals surface area contributed by atoms with E-state index in [9.17, 15) is 13.2 Å². The molecular weight excluding hydrogens is 314 g/mol. The number of sulfonamides is 1. The molecule has 0 radical (unpaired) electrons. The summed E-state index contributed by atoms with van der Waals surface area (Å²) in [5.41, 5.74) is 2.30. The van der Waals surface area contributed by atoms with Crippen molar-refractivity contribution in [1.29, 1.82) is 0 Å². The molecule has 2 heterocycles. The molecule has 126 valence electrons. The van der Waals surface area contributed by atoms with Crippen LogP contribution in [0.5, 0.6) is 0 Å². The zero-order chi connectivity index (χ0) is 16.6. The second kappa shape index (κ2) is 6.13. The van der Waals surface area contributed by atoms with Gasteiger partial charge in [-0.05, 0) is 43.5 Å². The van der Waals surface area contributed by atoms with E-state index in [1.807, 2.05) is 17.9 Å². The minimum Gasteiger partial charge on any atom is -0.333 e. The van der Waals surface area contributed by atoms with Gasteiger partial charge in [-0.3, -0.25) is 9.10 Å². The first-order chi connectivity index (χ1) is 10.9. The highest BCUT2D eigenvalue weighted by molar-refractivity contribution is 7.92. The van der Waals surface area contributed by atoms with Gasteiger partial charge < -0.3 is 10.2 Å². The molecule has 0 saturated carbocycles. The number of rotatable bonds is 2. The van der Waals surface area contributed by atoms with Crippen molar-refractivity contribution in [3.8, 4) is 0 Å². The Bertz CT molecular complexity index is 717. The van der Waals surface area contributed by atoms with Crippen LogP contribution in [0.4, 0.5) is 5.69 Å².